The van der Waals surface area contributed by atoms with Gasteiger partial charge in [0, 0.05) is 13.1 Å². The van der Waals surface area contributed by atoms with Gasteiger partial charge in [0.2, 0.25) is 0 Å². The van der Waals surface area contributed by atoms with Crippen LogP contribution in [0.25, 0.3) is 0 Å². The molecule has 0 fully saturated rings. The van der Waals surface area contributed by atoms with Crippen LogP contribution < -0.4 is 10.1 Å². The Balaban J connectivity index is 1.95. The minimum absolute atomic E-state index is 0.192. The van der Waals surface area contributed by atoms with Crippen LogP contribution in [0.4, 0.5) is 0 Å². The van der Waals surface area contributed by atoms with Crippen molar-refractivity contribution < 1.29 is 19.1 Å². The van der Waals surface area contributed by atoms with E-state index in [1.807, 2.05) is 38.1 Å². The highest BCUT2D eigenvalue weighted by atomic mass is 35.5. The molecule has 2 rings (SSSR count). The summed E-state index contributed by atoms with van der Waals surface area (Å²) in [5.41, 5.74) is 1.57. The number of hydrogen-bond donors (Lipinski definition) is 1. The molecule has 7 nitrogen and oxygen atoms in total. The molecule has 2 aromatic rings. The number of aryl methyl sites for hydroxylation is 1. The van der Waals surface area contributed by atoms with Gasteiger partial charge in [-0.1, -0.05) is 37.6 Å². The van der Waals surface area contributed by atoms with E-state index >= 15 is 0 Å². The van der Waals surface area contributed by atoms with Gasteiger partial charge in [-0.05, 0) is 37.5 Å². The molecule has 1 atom stereocenters. The van der Waals surface area contributed by atoms with Crippen molar-refractivity contribution in [3.8, 4) is 5.75 Å². The van der Waals surface area contributed by atoms with Crippen molar-refractivity contribution in [3.05, 3.63) is 46.2 Å². The van der Waals surface area contributed by atoms with Gasteiger partial charge in [0.1, 0.15) is 16.5 Å². The minimum Gasteiger partial charge on any atom is -0.497 e. The molecule has 0 aliphatic rings. The van der Waals surface area contributed by atoms with Gasteiger partial charge in [-0.2, -0.15) is 5.10 Å². The van der Waals surface area contributed by atoms with E-state index in [1.54, 1.807) is 18.7 Å². The lowest BCUT2D eigenvalue weighted by Crippen LogP contribution is -2.35. The Kier molecular flexibility index (Phi) is 7.45. The predicted octanol–water partition coefficient (Wildman–Crippen LogP) is 3.37. The molecule has 1 aromatic heterocycles. The number of methoxy groups -OCH3 is 1. The molecule has 0 bridgehead atoms. The summed E-state index contributed by atoms with van der Waals surface area (Å²) in [7, 11) is 1.59. The Morgan fingerprint density at radius 3 is 2.43 bits per heavy atom. The van der Waals surface area contributed by atoms with Gasteiger partial charge in [-0.3, -0.25) is 9.48 Å². The first-order valence-corrected chi connectivity index (χ1v) is 9.45. The Bertz CT molecular complexity index is 831. The lowest BCUT2D eigenvalue weighted by Gasteiger charge is -2.14. The van der Waals surface area contributed by atoms with Crippen molar-refractivity contribution in [2.75, 3.05) is 7.11 Å². The second-order valence-corrected chi connectivity index (χ2v) is 7.30. The average Bonchev–Trinajstić information content (AvgIpc) is 2.92. The Hall–Kier alpha value is -2.54. The van der Waals surface area contributed by atoms with Crippen LogP contribution in [0, 0.1) is 12.8 Å². The van der Waals surface area contributed by atoms with Crippen LogP contribution in [-0.4, -0.2) is 34.9 Å². The zero-order valence-electron chi connectivity index (χ0n) is 16.8. The van der Waals surface area contributed by atoms with E-state index in [2.05, 4.69) is 10.4 Å². The number of carbonyl (C=O) groups is 2. The standard InChI is InChI=1S/C20H26ClN3O4/c1-12(2)11-24-18(21)17(13(3)23-24)20(26)28-14(4)19(25)22-10-15-6-8-16(27-5)9-7-15/h6-9,12,14H,10-11H2,1-5H3,(H,22,25)/t14-/m1/s1. The highest BCUT2D eigenvalue weighted by Gasteiger charge is 2.25. The number of nitrogens with one attached hydrogen (secondary N) is 1. The van der Waals surface area contributed by atoms with Crippen LogP contribution in [0.3, 0.4) is 0 Å². The van der Waals surface area contributed by atoms with Crippen LogP contribution in [0.1, 0.15) is 42.4 Å². The summed E-state index contributed by atoms with van der Waals surface area (Å²) >= 11 is 6.29. The third kappa shape index (κ3) is 5.48. The molecule has 0 saturated carbocycles. The van der Waals surface area contributed by atoms with Gasteiger partial charge in [-0.15, -0.1) is 0 Å². The summed E-state index contributed by atoms with van der Waals surface area (Å²) in [5, 5.41) is 7.25. The Morgan fingerprint density at radius 1 is 1.21 bits per heavy atom. The monoisotopic (exact) mass is 407 g/mol. The van der Waals surface area contributed by atoms with Crippen molar-refractivity contribution in [1.82, 2.24) is 15.1 Å². The molecule has 1 aromatic carbocycles. The van der Waals surface area contributed by atoms with Gasteiger partial charge >= 0.3 is 5.97 Å². The lowest BCUT2D eigenvalue weighted by molar-refractivity contribution is -0.129. The van der Waals surface area contributed by atoms with Crippen molar-refractivity contribution >= 4 is 23.5 Å². The van der Waals surface area contributed by atoms with Gasteiger partial charge in [0.05, 0.1) is 12.8 Å². The molecule has 1 heterocycles. The van der Waals surface area contributed by atoms with E-state index in [0.717, 1.165) is 11.3 Å². The predicted molar refractivity (Wildman–Crippen MR) is 107 cm³/mol. The maximum atomic E-state index is 12.5. The largest absolute Gasteiger partial charge is 0.497 e. The highest BCUT2D eigenvalue weighted by Crippen LogP contribution is 2.22. The first kappa shape index (κ1) is 21.8. The summed E-state index contributed by atoms with van der Waals surface area (Å²) in [5.74, 6) is 0.00285. The van der Waals surface area contributed by atoms with E-state index in [9.17, 15) is 9.59 Å². The van der Waals surface area contributed by atoms with Crippen molar-refractivity contribution in [3.63, 3.8) is 0 Å². The first-order valence-electron chi connectivity index (χ1n) is 9.07. The molecule has 0 spiro atoms. The summed E-state index contributed by atoms with van der Waals surface area (Å²) in [4.78, 5) is 24.8. The molecule has 0 aliphatic heterocycles. The minimum atomic E-state index is -0.963. The van der Waals surface area contributed by atoms with Gasteiger partial charge in [0.25, 0.3) is 5.91 Å². The van der Waals surface area contributed by atoms with E-state index in [0.29, 0.717) is 24.7 Å². The lowest BCUT2D eigenvalue weighted by atomic mass is 10.2. The number of ether oxygens (including phenoxy) is 2. The number of nitrogens with zero attached hydrogens (tertiary/aromatic N) is 2. The number of benzene rings is 1. The molecular weight excluding hydrogens is 382 g/mol. The molecule has 152 valence electrons. The number of rotatable bonds is 8. The number of esters is 1. The van der Waals surface area contributed by atoms with Crippen LogP contribution in [0.5, 0.6) is 5.75 Å². The number of carbonyl (C=O) groups excluding carboxylic acids is 2. The molecule has 0 aliphatic carbocycles. The second kappa shape index (κ2) is 9.59. The van der Waals surface area contributed by atoms with Gasteiger partial charge in [0.15, 0.2) is 6.10 Å². The van der Waals surface area contributed by atoms with Crippen LogP contribution in [0.15, 0.2) is 24.3 Å². The molecule has 28 heavy (non-hydrogen) atoms. The van der Waals surface area contributed by atoms with Gasteiger partial charge < -0.3 is 14.8 Å². The van der Waals surface area contributed by atoms with Crippen molar-refractivity contribution in [2.24, 2.45) is 5.92 Å². The van der Waals surface area contributed by atoms with Crippen LogP contribution in [-0.2, 0) is 22.6 Å². The second-order valence-electron chi connectivity index (χ2n) is 6.94. The van der Waals surface area contributed by atoms with Crippen LogP contribution >= 0.6 is 11.6 Å². The molecule has 1 N–H and O–H groups in total. The normalized spacial score (nSPS) is 12.0. The first-order chi connectivity index (χ1) is 13.2. The smallest absolute Gasteiger partial charge is 0.343 e. The quantitative estimate of drug-likeness (QED) is 0.678. The fourth-order valence-corrected chi connectivity index (χ4v) is 2.92. The number of aromatic nitrogens is 2. The number of hydrogen-bond acceptors (Lipinski definition) is 5. The summed E-state index contributed by atoms with van der Waals surface area (Å²) < 4.78 is 12.0. The topological polar surface area (TPSA) is 82.4 Å². The SMILES string of the molecule is COc1ccc(CNC(=O)[C@@H](C)OC(=O)c2c(C)nn(CC(C)C)c2Cl)cc1. The summed E-state index contributed by atoms with van der Waals surface area (Å²) in [6, 6.07) is 7.32. The Labute approximate surface area is 170 Å². The molecular formula is C20H26ClN3O4. The summed E-state index contributed by atoms with van der Waals surface area (Å²) in [6.07, 6.45) is -0.963. The maximum absolute atomic E-state index is 12.5. The zero-order valence-corrected chi connectivity index (χ0v) is 17.5. The Morgan fingerprint density at radius 2 is 1.86 bits per heavy atom. The van der Waals surface area contributed by atoms with Crippen molar-refractivity contribution in [1.29, 1.82) is 0 Å². The van der Waals surface area contributed by atoms with E-state index in [4.69, 9.17) is 21.1 Å². The van der Waals surface area contributed by atoms with E-state index in [1.165, 1.54) is 6.92 Å². The van der Waals surface area contributed by atoms with Gasteiger partial charge in [-0.25, -0.2) is 4.79 Å². The molecule has 1 amide bonds. The third-order valence-electron chi connectivity index (χ3n) is 4.09. The fraction of sp³-hybridized carbons (Fsp3) is 0.450. The molecule has 8 heteroatoms. The zero-order chi connectivity index (χ0) is 20.8. The molecule has 0 unspecified atom stereocenters. The van der Waals surface area contributed by atoms with E-state index in [-0.39, 0.29) is 10.7 Å². The molecule has 0 saturated heterocycles. The number of halogens is 1. The fourth-order valence-electron chi connectivity index (χ4n) is 2.60. The van der Waals surface area contributed by atoms with Crippen LogP contribution in [0.2, 0.25) is 5.15 Å². The maximum Gasteiger partial charge on any atom is 0.343 e. The van der Waals surface area contributed by atoms with Crippen molar-refractivity contribution in [2.45, 2.75) is 46.9 Å². The average molecular weight is 408 g/mol. The molecule has 0 radical (unpaired) electrons. The third-order valence-corrected chi connectivity index (χ3v) is 4.47. The summed E-state index contributed by atoms with van der Waals surface area (Å²) in [6.45, 7) is 8.17. The highest BCUT2D eigenvalue weighted by molar-refractivity contribution is 6.32. The van der Waals surface area contributed by atoms with E-state index < -0.39 is 18.0 Å². The number of amides is 1.